The molecule has 1 fully saturated rings. The minimum atomic E-state index is -1.23. The summed E-state index contributed by atoms with van der Waals surface area (Å²) in [5.74, 6) is -1.86. The Morgan fingerprint density at radius 2 is 1.89 bits per heavy atom. The van der Waals surface area contributed by atoms with Crippen molar-refractivity contribution >= 4 is 29.7 Å². The highest BCUT2D eigenvalue weighted by molar-refractivity contribution is 5.94. The Labute approximate surface area is 209 Å². The number of ketones is 1. The van der Waals surface area contributed by atoms with Crippen molar-refractivity contribution in [2.45, 2.75) is 63.8 Å². The van der Waals surface area contributed by atoms with Crippen LogP contribution >= 0.6 is 0 Å². The third-order valence-electron chi connectivity index (χ3n) is 5.79. The van der Waals surface area contributed by atoms with E-state index in [9.17, 15) is 23.6 Å². The van der Waals surface area contributed by atoms with Gasteiger partial charge in [0.15, 0.2) is 11.7 Å². The number of nitrogens with one attached hydrogen (secondary N) is 2. The minimum Gasteiger partial charge on any atom is -0.445 e. The van der Waals surface area contributed by atoms with E-state index in [2.05, 4.69) is 15.6 Å². The normalized spacial score (nSPS) is 16.8. The summed E-state index contributed by atoms with van der Waals surface area (Å²) in [4.78, 5) is 55.5. The zero-order valence-corrected chi connectivity index (χ0v) is 20.5. The molecule has 0 bridgehead atoms. The number of guanidine groups is 1. The second-order valence-electron chi connectivity index (χ2n) is 8.58. The van der Waals surface area contributed by atoms with Gasteiger partial charge in [-0.05, 0) is 44.6 Å². The molecule has 1 saturated heterocycles. The number of carbonyl (C=O) groups is 4. The number of Topliss-reactive ketones (excluding diaryl/α,β-unsaturated/α-hetero) is 1. The molecule has 12 heteroatoms. The smallest absolute Gasteiger partial charge is 0.408 e. The maximum absolute atomic E-state index is 13.1. The standard InChI is InChI=1S/C24H35FN6O5/c1-16(29-24(35)36-15-17-8-3-2-4-9-17)22(34)31-13-6-5-11-19(31)21(33)30-18(20(32)14-25)10-7-12-28-23(26)27/h2-4,8-9,16,18-19H,5-7,10-15H2,1H3,(H,29,35)(H,30,33)(H4,26,27,28)/t16-,18-,19-/m0/s1. The van der Waals surface area contributed by atoms with Crippen LogP contribution in [0.2, 0.25) is 0 Å². The number of rotatable bonds is 12. The molecule has 6 N–H and O–H groups in total. The fraction of sp³-hybridized carbons (Fsp3) is 0.542. The molecule has 0 aromatic heterocycles. The third kappa shape index (κ3) is 9.16. The number of alkyl carbamates (subject to hydrolysis) is 1. The lowest BCUT2D eigenvalue weighted by Crippen LogP contribution is -2.58. The summed E-state index contributed by atoms with van der Waals surface area (Å²) in [6, 6.07) is 6.26. The molecular weight excluding hydrogens is 471 g/mol. The molecule has 11 nitrogen and oxygen atoms in total. The van der Waals surface area contributed by atoms with Crippen LogP contribution in [0.1, 0.15) is 44.6 Å². The molecule has 0 aliphatic carbocycles. The highest BCUT2D eigenvalue weighted by Gasteiger charge is 2.36. The lowest BCUT2D eigenvalue weighted by Gasteiger charge is -2.37. The second kappa shape index (κ2) is 14.6. The lowest BCUT2D eigenvalue weighted by molar-refractivity contribution is -0.144. The lowest BCUT2D eigenvalue weighted by atomic mass is 9.99. The quantitative estimate of drug-likeness (QED) is 0.184. The number of carbonyl (C=O) groups excluding carboxylic acids is 4. The van der Waals surface area contributed by atoms with Crippen molar-refractivity contribution < 1.29 is 28.3 Å². The first-order valence-corrected chi connectivity index (χ1v) is 11.9. The first-order valence-electron chi connectivity index (χ1n) is 11.9. The molecule has 1 aliphatic heterocycles. The van der Waals surface area contributed by atoms with Crippen molar-refractivity contribution in [2.75, 3.05) is 19.8 Å². The maximum atomic E-state index is 13.1. The number of hydrogen-bond acceptors (Lipinski definition) is 6. The number of benzene rings is 1. The molecule has 2 rings (SSSR count). The first-order chi connectivity index (χ1) is 17.2. The maximum Gasteiger partial charge on any atom is 0.408 e. The zero-order valence-electron chi connectivity index (χ0n) is 20.5. The largest absolute Gasteiger partial charge is 0.445 e. The molecule has 1 aliphatic rings. The van der Waals surface area contributed by atoms with Crippen LogP contribution in [0.25, 0.3) is 0 Å². The SMILES string of the molecule is C[C@H](NC(=O)OCc1ccccc1)C(=O)N1CCCC[C@H]1C(=O)N[C@@H](CCCN=C(N)N)C(=O)CF. The van der Waals surface area contributed by atoms with E-state index in [-0.39, 0.29) is 25.5 Å². The van der Waals surface area contributed by atoms with E-state index >= 15 is 0 Å². The molecule has 0 radical (unpaired) electrons. The Morgan fingerprint density at radius 3 is 2.56 bits per heavy atom. The minimum absolute atomic E-state index is 0.0511. The van der Waals surface area contributed by atoms with E-state index in [1.165, 1.54) is 11.8 Å². The monoisotopic (exact) mass is 506 g/mol. The molecule has 1 aromatic rings. The van der Waals surface area contributed by atoms with Crippen molar-refractivity contribution in [1.29, 1.82) is 0 Å². The van der Waals surface area contributed by atoms with Crippen LogP contribution in [0, 0.1) is 0 Å². The van der Waals surface area contributed by atoms with Gasteiger partial charge in [0.25, 0.3) is 0 Å². The van der Waals surface area contributed by atoms with Crippen LogP contribution in [0.15, 0.2) is 35.3 Å². The van der Waals surface area contributed by atoms with Crippen molar-refractivity contribution in [3.05, 3.63) is 35.9 Å². The molecular formula is C24H35FN6O5. The third-order valence-corrected chi connectivity index (χ3v) is 5.79. The number of hydrogen-bond donors (Lipinski definition) is 4. The van der Waals surface area contributed by atoms with Gasteiger partial charge >= 0.3 is 6.09 Å². The zero-order chi connectivity index (χ0) is 26.5. The summed E-state index contributed by atoms with van der Waals surface area (Å²) >= 11 is 0. The van der Waals surface area contributed by atoms with E-state index in [0.29, 0.717) is 32.2 Å². The Kier molecular flexibility index (Phi) is 11.6. The number of piperidine rings is 1. The number of nitrogens with zero attached hydrogens (tertiary/aromatic N) is 2. The molecule has 0 saturated carbocycles. The molecule has 3 atom stereocenters. The van der Waals surface area contributed by atoms with Crippen LogP contribution in [0.4, 0.5) is 9.18 Å². The number of alkyl halides is 1. The Bertz CT molecular complexity index is 925. The molecule has 1 aromatic carbocycles. The van der Waals surface area contributed by atoms with Gasteiger partial charge in [-0.3, -0.25) is 19.4 Å². The number of nitrogens with two attached hydrogens (primary N) is 2. The van der Waals surface area contributed by atoms with Gasteiger partial charge in [0, 0.05) is 13.1 Å². The Hall–Kier alpha value is -3.70. The predicted molar refractivity (Wildman–Crippen MR) is 131 cm³/mol. The fourth-order valence-electron chi connectivity index (χ4n) is 3.90. The second-order valence-corrected chi connectivity index (χ2v) is 8.58. The van der Waals surface area contributed by atoms with Crippen molar-refractivity contribution in [3.8, 4) is 0 Å². The van der Waals surface area contributed by atoms with E-state index in [1.54, 1.807) is 12.1 Å². The molecule has 0 unspecified atom stereocenters. The van der Waals surface area contributed by atoms with Gasteiger partial charge in [-0.2, -0.15) is 0 Å². The van der Waals surface area contributed by atoms with Crippen LogP contribution in [0.3, 0.4) is 0 Å². The van der Waals surface area contributed by atoms with Gasteiger partial charge in [0.2, 0.25) is 11.8 Å². The summed E-state index contributed by atoms with van der Waals surface area (Å²) < 4.78 is 18.3. The average Bonchev–Trinajstić information content (AvgIpc) is 2.88. The summed E-state index contributed by atoms with van der Waals surface area (Å²) in [5, 5.41) is 5.08. The van der Waals surface area contributed by atoms with Gasteiger partial charge in [-0.1, -0.05) is 30.3 Å². The number of amides is 3. The Morgan fingerprint density at radius 1 is 1.17 bits per heavy atom. The van der Waals surface area contributed by atoms with Gasteiger partial charge in [0.05, 0.1) is 6.04 Å². The van der Waals surface area contributed by atoms with Gasteiger partial charge < -0.3 is 31.7 Å². The number of halogens is 1. The van der Waals surface area contributed by atoms with Crippen LogP contribution in [-0.2, 0) is 25.7 Å². The highest BCUT2D eigenvalue weighted by atomic mass is 19.1. The predicted octanol–water partition coefficient (Wildman–Crippen LogP) is 0.759. The average molecular weight is 507 g/mol. The first kappa shape index (κ1) is 28.5. The number of ether oxygens (including phenoxy) is 1. The number of likely N-dealkylation sites (tertiary alicyclic amines) is 1. The molecule has 1 heterocycles. The summed E-state index contributed by atoms with van der Waals surface area (Å²) in [5.41, 5.74) is 11.4. The number of aliphatic imine (C=N–C) groups is 1. The topological polar surface area (TPSA) is 169 Å². The van der Waals surface area contributed by atoms with E-state index < -0.39 is 48.5 Å². The molecule has 0 spiro atoms. The molecule has 36 heavy (non-hydrogen) atoms. The van der Waals surface area contributed by atoms with Gasteiger partial charge in [-0.15, -0.1) is 0 Å². The van der Waals surface area contributed by atoms with Crippen LogP contribution < -0.4 is 22.1 Å². The fourth-order valence-corrected chi connectivity index (χ4v) is 3.90. The van der Waals surface area contributed by atoms with Crippen LogP contribution in [0.5, 0.6) is 0 Å². The van der Waals surface area contributed by atoms with Crippen LogP contribution in [-0.4, -0.2) is 72.4 Å². The Balaban J connectivity index is 1.96. The van der Waals surface area contributed by atoms with E-state index in [4.69, 9.17) is 16.2 Å². The van der Waals surface area contributed by atoms with Crippen molar-refractivity contribution in [2.24, 2.45) is 16.5 Å². The van der Waals surface area contributed by atoms with Gasteiger partial charge in [0.1, 0.15) is 25.4 Å². The highest BCUT2D eigenvalue weighted by Crippen LogP contribution is 2.19. The van der Waals surface area contributed by atoms with Crippen molar-refractivity contribution in [3.63, 3.8) is 0 Å². The summed E-state index contributed by atoms with van der Waals surface area (Å²) in [7, 11) is 0. The van der Waals surface area contributed by atoms with E-state index in [0.717, 1.165) is 5.56 Å². The summed E-state index contributed by atoms with van der Waals surface area (Å²) in [6.07, 6.45) is 1.52. The van der Waals surface area contributed by atoms with Crippen molar-refractivity contribution in [1.82, 2.24) is 15.5 Å². The van der Waals surface area contributed by atoms with E-state index in [1.807, 2.05) is 18.2 Å². The molecule has 3 amide bonds. The van der Waals surface area contributed by atoms with Gasteiger partial charge in [-0.25, -0.2) is 9.18 Å². The molecule has 198 valence electrons. The summed E-state index contributed by atoms with van der Waals surface area (Å²) in [6.45, 7) is 0.872.